The predicted molar refractivity (Wildman–Crippen MR) is 61.9 cm³/mol. The molecule has 1 atom stereocenters. The number of carbonyl (C=O) groups is 1. The van der Waals surface area contributed by atoms with Crippen molar-refractivity contribution < 1.29 is 9.90 Å². The van der Waals surface area contributed by atoms with Crippen molar-refractivity contribution in [1.82, 2.24) is 0 Å². The van der Waals surface area contributed by atoms with Crippen molar-refractivity contribution in [3.8, 4) is 0 Å². The molecule has 0 radical (unpaired) electrons. The third kappa shape index (κ3) is 4.44. The molecule has 0 bridgehead atoms. The molecule has 4 heteroatoms. The Labute approximate surface area is 93.9 Å². The van der Waals surface area contributed by atoms with Crippen molar-refractivity contribution >= 4 is 17.3 Å². The molecule has 0 saturated heterocycles. The summed E-state index contributed by atoms with van der Waals surface area (Å²) < 4.78 is 0. The highest BCUT2D eigenvalue weighted by Crippen LogP contribution is 2.20. The Bertz CT molecular complexity index is 322. The molecule has 1 rings (SSSR count). The highest BCUT2D eigenvalue weighted by atomic mass is 32.1. The van der Waals surface area contributed by atoms with Crippen LogP contribution < -0.4 is 5.73 Å². The van der Waals surface area contributed by atoms with Gasteiger partial charge in [0, 0.05) is 22.7 Å². The van der Waals surface area contributed by atoms with Gasteiger partial charge in [0.25, 0.3) is 0 Å². The summed E-state index contributed by atoms with van der Waals surface area (Å²) in [5.74, 6) is -0.470. The second-order valence-electron chi connectivity index (χ2n) is 3.81. The third-order valence-electron chi connectivity index (χ3n) is 2.33. The molecule has 1 aromatic heterocycles. The lowest BCUT2D eigenvalue weighted by Crippen LogP contribution is -2.04. The van der Waals surface area contributed by atoms with E-state index in [9.17, 15) is 4.79 Å². The lowest BCUT2D eigenvalue weighted by Gasteiger charge is -2.06. The minimum absolute atomic E-state index is 0.242. The van der Waals surface area contributed by atoms with Crippen LogP contribution in [0.25, 0.3) is 0 Å². The van der Waals surface area contributed by atoms with Crippen molar-refractivity contribution in [2.75, 3.05) is 0 Å². The summed E-state index contributed by atoms with van der Waals surface area (Å²) in [6.07, 6.45) is 2.14. The van der Waals surface area contributed by atoms with E-state index >= 15 is 0 Å². The molecule has 1 aromatic rings. The van der Waals surface area contributed by atoms with Gasteiger partial charge in [0.15, 0.2) is 0 Å². The molecule has 3 nitrogen and oxygen atoms in total. The molecule has 0 spiro atoms. The first-order valence-corrected chi connectivity index (χ1v) is 5.93. The molecule has 1 heterocycles. The lowest BCUT2D eigenvalue weighted by atomic mass is 10.0. The molecule has 15 heavy (non-hydrogen) atoms. The molecule has 0 aliphatic carbocycles. The van der Waals surface area contributed by atoms with E-state index in [0.717, 1.165) is 12.8 Å². The Morgan fingerprint density at radius 2 is 2.20 bits per heavy atom. The minimum atomic E-state index is -0.712. The summed E-state index contributed by atoms with van der Waals surface area (Å²) >= 11 is 1.72. The summed E-state index contributed by atoms with van der Waals surface area (Å²) in [6.45, 7) is 2.57. The Kier molecular flexibility index (Phi) is 4.78. The Morgan fingerprint density at radius 3 is 2.73 bits per heavy atom. The van der Waals surface area contributed by atoms with Crippen LogP contribution in [0.2, 0.25) is 0 Å². The van der Waals surface area contributed by atoms with Gasteiger partial charge in [0.2, 0.25) is 0 Å². The quantitative estimate of drug-likeness (QED) is 0.783. The van der Waals surface area contributed by atoms with Crippen LogP contribution in [0.3, 0.4) is 0 Å². The van der Waals surface area contributed by atoms with Gasteiger partial charge in [-0.3, -0.25) is 4.79 Å². The second-order valence-corrected chi connectivity index (χ2v) is 5.07. The number of nitrogens with two attached hydrogens (primary N) is 1. The van der Waals surface area contributed by atoms with Crippen molar-refractivity contribution in [1.29, 1.82) is 0 Å². The summed E-state index contributed by atoms with van der Waals surface area (Å²) in [5, 5.41) is 8.61. The maximum atomic E-state index is 10.5. The van der Waals surface area contributed by atoms with Gasteiger partial charge in [0.05, 0.1) is 0 Å². The van der Waals surface area contributed by atoms with Crippen molar-refractivity contribution in [3.63, 3.8) is 0 Å². The van der Waals surface area contributed by atoms with Gasteiger partial charge in [0.1, 0.15) is 0 Å². The number of hydrogen-bond donors (Lipinski definition) is 2. The first kappa shape index (κ1) is 12.2. The van der Waals surface area contributed by atoms with E-state index < -0.39 is 5.97 Å². The van der Waals surface area contributed by atoms with Crippen molar-refractivity contribution in [3.05, 3.63) is 21.9 Å². The van der Waals surface area contributed by atoms with Gasteiger partial charge < -0.3 is 10.8 Å². The Morgan fingerprint density at radius 1 is 1.53 bits per heavy atom. The molecule has 0 aromatic carbocycles. The molecular weight excluding hydrogens is 210 g/mol. The fourth-order valence-corrected chi connectivity index (χ4v) is 2.37. The molecule has 0 fully saturated rings. The molecule has 3 N–H and O–H groups in total. The second kappa shape index (κ2) is 5.88. The van der Waals surface area contributed by atoms with E-state index in [2.05, 4.69) is 6.07 Å². The fraction of sp³-hybridized carbons (Fsp3) is 0.545. The average molecular weight is 227 g/mol. The molecule has 84 valence electrons. The zero-order valence-corrected chi connectivity index (χ0v) is 9.72. The molecule has 0 aliphatic rings. The maximum absolute atomic E-state index is 10.5. The zero-order chi connectivity index (χ0) is 11.3. The van der Waals surface area contributed by atoms with Crippen molar-refractivity contribution in [2.45, 2.75) is 32.7 Å². The Balaban J connectivity index is 2.33. The van der Waals surface area contributed by atoms with E-state index in [0.29, 0.717) is 6.54 Å². The average Bonchev–Trinajstić information content (AvgIpc) is 2.61. The number of rotatable bonds is 6. The molecule has 0 saturated carbocycles. The normalized spacial score (nSPS) is 12.7. The lowest BCUT2D eigenvalue weighted by molar-refractivity contribution is -0.138. The number of aliphatic carboxylic acids is 1. The van der Waals surface area contributed by atoms with Crippen LogP contribution in [0.15, 0.2) is 12.1 Å². The smallest absolute Gasteiger partial charge is 0.303 e. The summed E-state index contributed by atoms with van der Waals surface area (Å²) in [4.78, 5) is 12.9. The number of aryl methyl sites for hydroxylation is 1. The van der Waals surface area contributed by atoms with Crippen LogP contribution in [0.1, 0.15) is 29.5 Å². The first-order valence-electron chi connectivity index (χ1n) is 5.11. The number of hydrogen-bond acceptors (Lipinski definition) is 3. The molecule has 1 unspecified atom stereocenters. The van der Waals surface area contributed by atoms with E-state index in [1.54, 1.807) is 11.3 Å². The van der Waals surface area contributed by atoms with Crippen LogP contribution in [-0.2, 0) is 17.8 Å². The maximum Gasteiger partial charge on any atom is 0.303 e. The molecule has 0 aliphatic heterocycles. The topological polar surface area (TPSA) is 63.3 Å². The first-order chi connectivity index (χ1) is 7.11. The van der Waals surface area contributed by atoms with Crippen molar-refractivity contribution in [2.24, 2.45) is 11.7 Å². The van der Waals surface area contributed by atoms with E-state index in [1.807, 2.05) is 13.0 Å². The van der Waals surface area contributed by atoms with Gasteiger partial charge in [-0.25, -0.2) is 0 Å². The standard InChI is InChI=1S/C11H17NO2S/c1-8(6-11(13)14)2-3-9-4-5-10(7-12)15-9/h4-5,8H,2-3,6-7,12H2,1H3,(H,13,14). The van der Waals surface area contributed by atoms with Crippen LogP contribution in [0, 0.1) is 5.92 Å². The third-order valence-corrected chi connectivity index (χ3v) is 3.49. The largest absolute Gasteiger partial charge is 0.481 e. The van der Waals surface area contributed by atoms with Gasteiger partial charge in [-0.1, -0.05) is 6.92 Å². The van der Waals surface area contributed by atoms with Gasteiger partial charge in [-0.05, 0) is 30.9 Å². The van der Waals surface area contributed by atoms with Crippen LogP contribution >= 0.6 is 11.3 Å². The summed E-state index contributed by atoms with van der Waals surface area (Å²) in [7, 11) is 0. The van der Waals surface area contributed by atoms with Crippen LogP contribution in [0.4, 0.5) is 0 Å². The van der Waals surface area contributed by atoms with Gasteiger partial charge in [-0.2, -0.15) is 0 Å². The van der Waals surface area contributed by atoms with Crippen LogP contribution in [0.5, 0.6) is 0 Å². The highest BCUT2D eigenvalue weighted by molar-refractivity contribution is 7.11. The molecule has 0 amide bonds. The predicted octanol–water partition coefficient (Wildman–Crippen LogP) is 2.25. The van der Waals surface area contributed by atoms with E-state index in [1.165, 1.54) is 9.75 Å². The fourth-order valence-electron chi connectivity index (χ4n) is 1.46. The molecular formula is C11H17NO2S. The number of carboxylic acid groups (broad SMARTS) is 1. The SMILES string of the molecule is CC(CCc1ccc(CN)s1)CC(=O)O. The number of thiophene rings is 1. The number of carboxylic acids is 1. The monoisotopic (exact) mass is 227 g/mol. The van der Waals surface area contributed by atoms with Gasteiger partial charge in [-0.15, -0.1) is 11.3 Å². The summed E-state index contributed by atoms with van der Waals surface area (Å²) in [5.41, 5.74) is 5.52. The van der Waals surface area contributed by atoms with Gasteiger partial charge >= 0.3 is 5.97 Å². The minimum Gasteiger partial charge on any atom is -0.481 e. The van der Waals surface area contributed by atoms with E-state index in [-0.39, 0.29) is 12.3 Å². The zero-order valence-electron chi connectivity index (χ0n) is 8.90. The van der Waals surface area contributed by atoms with Crippen LogP contribution in [-0.4, -0.2) is 11.1 Å². The van der Waals surface area contributed by atoms with E-state index in [4.69, 9.17) is 10.8 Å². The summed E-state index contributed by atoms with van der Waals surface area (Å²) in [6, 6.07) is 4.13. The highest BCUT2D eigenvalue weighted by Gasteiger charge is 2.08. The Hall–Kier alpha value is -0.870.